The van der Waals surface area contributed by atoms with Crippen LogP contribution in [0.15, 0.2) is 66.0 Å². The molecule has 0 unspecified atom stereocenters. The molecular formula is C23H29N7. The maximum absolute atomic E-state index is 4.52. The van der Waals surface area contributed by atoms with Crippen molar-refractivity contribution in [3.8, 4) is 5.69 Å². The first-order chi connectivity index (χ1) is 14.8. The smallest absolute Gasteiger partial charge is 0.191 e. The van der Waals surface area contributed by atoms with Crippen LogP contribution >= 0.6 is 0 Å². The van der Waals surface area contributed by atoms with Crippen molar-refractivity contribution < 1.29 is 0 Å². The van der Waals surface area contributed by atoms with Crippen molar-refractivity contribution in [1.29, 1.82) is 0 Å². The van der Waals surface area contributed by atoms with Gasteiger partial charge in [0.05, 0.1) is 5.69 Å². The van der Waals surface area contributed by atoms with Gasteiger partial charge in [0.2, 0.25) is 0 Å². The van der Waals surface area contributed by atoms with Gasteiger partial charge in [0.25, 0.3) is 0 Å². The highest BCUT2D eigenvalue weighted by atomic mass is 15.3. The molecule has 7 heteroatoms. The van der Waals surface area contributed by atoms with E-state index in [0.717, 1.165) is 50.1 Å². The molecule has 0 amide bonds. The maximum atomic E-state index is 4.52. The zero-order valence-corrected chi connectivity index (χ0v) is 17.5. The Kier molecular flexibility index (Phi) is 6.59. The van der Waals surface area contributed by atoms with E-state index in [1.165, 1.54) is 24.0 Å². The summed E-state index contributed by atoms with van der Waals surface area (Å²) in [6, 6.07) is 14.6. The fraction of sp³-hybridized carbons (Fsp3) is 0.348. The Labute approximate surface area is 177 Å². The molecule has 0 radical (unpaired) electrons. The minimum atomic E-state index is 0.724. The van der Waals surface area contributed by atoms with E-state index >= 15 is 0 Å². The number of anilines is 1. The van der Waals surface area contributed by atoms with Crippen molar-refractivity contribution >= 4 is 11.8 Å². The van der Waals surface area contributed by atoms with Crippen LogP contribution in [-0.4, -0.2) is 47.4 Å². The van der Waals surface area contributed by atoms with Crippen LogP contribution in [0.3, 0.4) is 0 Å². The lowest BCUT2D eigenvalue weighted by Gasteiger charge is -2.17. The highest BCUT2D eigenvalue weighted by Gasteiger charge is 2.13. The van der Waals surface area contributed by atoms with Crippen LogP contribution in [-0.2, 0) is 13.0 Å². The Bertz CT molecular complexity index is 942. The average molecular weight is 404 g/mol. The lowest BCUT2D eigenvalue weighted by Crippen LogP contribution is -2.37. The molecule has 3 heterocycles. The van der Waals surface area contributed by atoms with Gasteiger partial charge in [0.15, 0.2) is 5.96 Å². The molecule has 1 saturated heterocycles. The Balaban J connectivity index is 1.24. The topological polar surface area (TPSA) is 70.4 Å². The Hall–Kier alpha value is -3.35. The van der Waals surface area contributed by atoms with Gasteiger partial charge in [-0.15, -0.1) is 0 Å². The molecule has 1 fully saturated rings. The number of guanidine groups is 1. The van der Waals surface area contributed by atoms with Crippen LogP contribution in [0, 0.1) is 0 Å². The molecule has 0 spiro atoms. The van der Waals surface area contributed by atoms with E-state index in [0.29, 0.717) is 0 Å². The number of hydrogen-bond acceptors (Lipinski definition) is 4. The third-order valence-corrected chi connectivity index (χ3v) is 5.33. The van der Waals surface area contributed by atoms with E-state index in [1.54, 1.807) is 13.2 Å². The van der Waals surface area contributed by atoms with Crippen molar-refractivity contribution in [2.24, 2.45) is 4.99 Å². The number of benzene rings is 1. The second kappa shape index (κ2) is 9.91. The number of nitrogens with one attached hydrogen (secondary N) is 2. The fourth-order valence-corrected chi connectivity index (χ4v) is 3.66. The van der Waals surface area contributed by atoms with Gasteiger partial charge < -0.3 is 15.5 Å². The molecule has 1 aliphatic rings. The number of hydrogen-bond donors (Lipinski definition) is 2. The molecule has 4 rings (SSSR count). The van der Waals surface area contributed by atoms with E-state index < -0.39 is 0 Å². The summed E-state index contributed by atoms with van der Waals surface area (Å²) in [6.07, 6.45) is 9.07. The monoisotopic (exact) mass is 403 g/mol. The van der Waals surface area contributed by atoms with E-state index in [1.807, 2.05) is 23.1 Å². The minimum absolute atomic E-state index is 0.724. The summed E-state index contributed by atoms with van der Waals surface area (Å²) in [5, 5.41) is 11.1. The first kappa shape index (κ1) is 19.9. The summed E-state index contributed by atoms with van der Waals surface area (Å²) in [5.41, 5.74) is 3.56. The van der Waals surface area contributed by atoms with E-state index in [-0.39, 0.29) is 0 Å². The molecule has 30 heavy (non-hydrogen) atoms. The summed E-state index contributed by atoms with van der Waals surface area (Å²) in [4.78, 5) is 11.2. The Morgan fingerprint density at radius 1 is 1.03 bits per heavy atom. The van der Waals surface area contributed by atoms with Gasteiger partial charge in [-0.05, 0) is 60.7 Å². The van der Waals surface area contributed by atoms with Gasteiger partial charge in [-0.3, -0.25) is 4.99 Å². The van der Waals surface area contributed by atoms with E-state index in [4.69, 9.17) is 0 Å². The summed E-state index contributed by atoms with van der Waals surface area (Å²) in [5.74, 6) is 1.89. The van der Waals surface area contributed by atoms with E-state index in [2.05, 4.69) is 67.0 Å². The minimum Gasteiger partial charge on any atom is -0.357 e. The maximum Gasteiger partial charge on any atom is 0.191 e. The molecule has 3 aromatic rings. The largest absolute Gasteiger partial charge is 0.357 e. The molecule has 0 aliphatic carbocycles. The molecule has 1 aliphatic heterocycles. The van der Waals surface area contributed by atoms with Crippen LogP contribution < -0.4 is 15.5 Å². The molecule has 2 aromatic heterocycles. The second-order valence-electron chi connectivity index (χ2n) is 7.44. The van der Waals surface area contributed by atoms with Crippen LogP contribution in [0.1, 0.15) is 24.0 Å². The lowest BCUT2D eigenvalue weighted by atomic mass is 10.1. The number of nitrogens with zero attached hydrogens (tertiary/aromatic N) is 5. The highest BCUT2D eigenvalue weighted by Crippen LogP contribution is 2.18. The summed E-state index contributed by atoms with van der Waals surface area (Å²) in [6.45, 7) is 3.75. The van der Waals surface area contributed by atoms with Gasteiger partial charge in [0.1, 0.15) is 5.82 Å². The first-order valence-corrected chi connectivity index (χ1v) is 10.6. The van der Waals surface area contributed by atoms with E-state index in [9.17, 15) is 0 Å². The molecule has 156 valence electrons. The van der Waals surface area contributed by atoms with Gasteiger partial charge in [-0.25, -0.2) is 9.67 Å². The fourth-order valence-electron chi connectivity index (χ4n) is 3.66. The average Bonchev–Trinajstić information content (AvgIpc) is 3.51. The Morgan fingerprint density at radius 3 is 2.60 bits per heavy atom. The summed E-state index contributed by atoms with van der Waals surface area (Å²) < 4.78 is 1.86. The predicted molar refractivity (Wildman–Crippen MR) is 121 cm³/mol. The third-order valence-electron chi connectivity index (χ3n) is 5.33. The van der Waals surface area contributed by atoms with Crippen molar-refractivity contribution in [1.82, 2.24) is 25.4 Å². The summed E-state index contributed by atoms with van der Waals surface area (Å²) >= 11 is 0. The quantitative estimate of drug-likeness (QED) is 0.469. The van der Waals surface area contributed by atoms with Crippen molar-refractivity contribution in [3.63, 3.8) is 0 Å². The number of aromatic nitrogens is 3. The molecule has 0 atom stereocenters. The third kappa shape index (κ3) is 5.17. The molecule has 0 bridgehead atoms. The zero-order valence-electron chi connectivity index (χ0n) is 17.5. The standard InChI is InChI=1S/C23H29N7/c1-24-23(27-18-20-10-12-25-22(17-20)29-14-2-3-15-29)26-13-9-19-5-7-21(8-6-19)30-16-4-11-28-30/h4-8,10-12,16-17H,2-3,9,13-15,18H2,1H3,(H2,24,26,27). The molecule has 1 aromatic carbocycles. The summed E-state index contributed by atoms with van der Waals surface area (Å²) in [7, 11) is 1.80. The molecule has 2 N–H and O–H groups in total. The first-order valence-electron chi connectivity index (χ1n) is 10.6. The predicted octanol–water partition coefficient (Wildman–Crippen LogP) is 2.78. The molecule has 0 saturated carbocycles. The molecular weight excluding hydrogens is 374 g/mol. The van der Waals surface area contributed by atoms with Crippen molar-refractivity contribution in [2.75, 3.05) is 31.6 Å². The van der Waals surface area contributed by atoms with Gasteiger partial charge >= 0.3 is 0 Å². The number of pyridine rings is 1. The van der Waals surface area contributed by atoms with Crippen LogP contribution in [0.25, 0.3) is 5.69 Å². The van der Waals surface area contributed by atoms with Crippen LogP contribution in [0.4, 0.5) is 5.82 Å². The lowest BCUT2D eigenvalue weighted by molar-refractivity contribution is 0.792. The van der Waals surface area contributed by atoms with Gasteiger partial charge in [-0.1, -0.05) is 12.1 Å². The van der Waals surface area contributed by atoms with Crippen LogP contribution in [0.2, 0.25) is 0 Å². The van der Waals surface area contributed by atoms with Gasteiger partial charge in [0, 0.05) is 51.8 Å². The highest BCUT2D eigenvalue weighted by molar-refractivity contribution is 5.79. The normalized spacial score (nSPS) is 14.2. The number of rotatable bonds is 7. The molecule has 7 nitrogen and oxygen atoms in total. The van der Waals surface area contributed by atoms with Gasteiger partial charge in [-0.2, -0.15) is 5.10 Å². The van der Waals surface area contributed by atoms with Crippen LogP contribution in [0.5, 0.6) is 0 Å². The number of aliphatic imine (C=N–C) groups is 1. The SMILES string of the molecule is CN=C(NCCc1ccc(-n2cccn2)cc1)NCc1ccnc(N2CCCC2)c1. The van der Waals surface area contributed by atoms with Crippen molar-refractivity contribution in [2.45, 2.75) is 25.8 Å². The zero-order chi connectivity index (χ0) is 20.6. The Morgan fingerprint density at radius 2 is 1.87 bits per heavy atom. The van der Waals surface area contributed by atoms with Crippen molar-refractivity contribution in [3.05, 3.63) is 72.2 Å². The second-order valence-corrected chi connectivity index (χ2v) is 7.44.